The van der Waals surface area contributed by atoms with E-state index in [0.29, 0.717) is 11.1 Å². The summed E-state index contributed by atoms with van der Waals surface area (Å²) < 4.78 is 51.1. The number of nitrogen functional groups attached to an aromatic ring is 1. The molecule has 0 heterocycles. The van der Waals surface area contributed by atoms with Crippen molar-refractivity contribution in [3.63, 3.8) is 0 Å². The maximum absolute atomic E-state index is 13.7. The number of hydrogen-bond donors (Lipinski definition) is 1. The van der Waals surface area contributed by atoms with Crippen LogP contribution in [0.3, 0.4) is 0 Å². The molecule has 106 valence electrons. The summed E-state index contributed by atoms with van der Waals surface area (Å²) in [4.78, 5) is -0.407. The number of anilines is 1. The summed E-state index contributed by atoms with van der Waals surface area (Å²) in [5.41, 5.74) is 6.48. The molecule has 0 amide bonds. The van der Waals surface area contributed by atoms with E-state index in [1.165, 1.54) is 24.3 Å². The van der Waals surface area contributed by atoms with Crippen molar-refractivity contribution in [2.45, 2.75) is 17.6 Å². The van der Waals surface area contributed by atoms with E-state index in [0.717, 1.165) is 12.1 Å². The van der Waals surface area contributed by atoms with Crippen LogP contribution in [-0.4, -0.2) is 8.42 Å². The van der Waals surface area contributed by atoms with E-state index in [-0.39, 0.29) is 11.4 Å². The summed E-state index contributed by atoms with van der Waals surface area (Å²) >= 11 is 0. The Labute approximate surface area is 116 Å². The topological polar surface area (TPSA) is 60.2 Å². The fourth-order valence-corrected chi connectivity index (χ4v) is 3.39. The van der Waals surface area contributed by atoms with Gasteiger partial charge in [-0.3, -0.25) is 0 Å². The summed E-state index contributed by atoms with van der Waals surface area (Å²) in [7, 11) is -3.85. The fraction of sp³-hybridized carbons (Fsp3) is 0.143. The van der Waals surface area contributed by atoms with Crippen LogP contribution in [0.2, 0.25) is 0 Å². The van der Waals surface area contributed by atoms with Crippen molar-refractivity contribution in [3.05, 3.63) is 59.2 Å². The lowest BCUT2D eigenvalue weighted by atomic mass is 10.1. The van der Waals surface area contributed by atoms with E-state index >= 15 is 0 Å². The molecule has 0 saturated carbocycles. The van der Waals surface area contributed by atoms with Gasteiger partial charge in [-0.15, -0.1) is 0 Å². The lowest BCUT2D eigenvalue weighted by molar-refractivity contribution is 0.566. The lowest BCUT2D eigenvalue weighted by Crippen LogP contribution is -2.09. The van der Waals surface area contributed by atoms with Crippen LogP contribution in [0, 0.1) is 18.6 Å². The zero-order valence-electron chi connectivity index (χ0n) is 10.7. The molecular weight excluding hydrogens is 284 g/mol. The molecule has 0 aliphatic carbocycles. The summed E-state index contributed by atoms with van der Waals surface area (Å²) in [6, 6.07) is 7.23. The third-order valence-corrected chi connectivity index (χ3v) is 4.63. The highest BCUT2D eigenvalue weighted by Gasteiger charge is 2.20. The highest BCUT2D eigenvalue weighted by atomic mass is 32.2. The van der Waals surface area contributed by atoms with Crippen molar-refractivity contribution in [1.29, 1.82) is 0 Å². The smallest absolute Gasteiger partial charge is 0.185 e. The third-order valence-electron chi connectivity index (χ3n) is 2.94. The minimum atomic E-state index is -3.85. The van der Waals surface area contributed by atoms with Gasteiger partial charge in [0, 0.05) is 5.69 Å². The van der Waals surface area contributed by atoms with Gasteiger partial charge in [-0.2, -0.15) is 0 Å². The van der Waals surface area contributed by atoms with E-state index < -0.39 is 26.4 Å². The quantitative estimate of drug-likeness (QED) is 0.886. The molecule has 0 bridgehead atoms. The van der Waals surface area contributed by atoms with E-state index in [9.17, 15) is 17.2 Å². The Bertz CT molecular complexity index is 758. The molecule has 2 aromatic carbocycles. The summed E-state index contributed by atoms with van der Waals surface area (Å²) in [5, 5.41) is 0. The number of benzene rings is 2. The summed E-state index contributed by atoms with van der Waals surface area (Å²) in [6.45, 7) is 1.60. The van der Waals surface area contributed by atoms with E-state index in [2.05, 4.69) is 0 Å². The highest BCUT2D eigenvalue weighted by Crippen LogP contribution is 2.23. The molecule has 0 aliphatic heterocycles. The average molecular weight is 297 g/mol. The molecule has 20 heavy (non-hydrogen) atoms. The van der Waals surface area contributed by atoms with Gasteiger partial charge in [0.25, 0.3) is 0 Å². The van der Waals surface area contributed by atoms with Crippen LogP contribution in [0.1, 0.15) is 11.1 Å². The fourth-order valence-electron chi connectivity index (χ4n) is 1.87. The first kappa shape index (κ1) is 14.5. The van der Waals surface area contributed by atoms with Gasteiger partial charge < -0.3 is 5.73 Å². The van der Waals surface area contributed by atoms with Gasteiger partial charge in [0.15, 0.2) is 9.84 Å². The minimum absolute atomic E-state index is 0.152. The second-order valence-electron chi connectivity index (χ2n) is 4.52. The highest BCUT2D eigenvalue weighted by molar-refractivity contribution is 7.90. The number of aryl methyl sites for hydroxylation is 1. The van der Waals surface area contributed by atoms with Gasteiger partial charge in [0.05, 0.1) is 5.75 Å². The first-order chi connectivity index (χ1) is 9.29. The predicted octanol–water partition coefficient (Wildman–Crippen LogP) is 2.83. The molecule has 6 heteroatoms. The summed E-state index contributed by atoms with van der Waals surface area (Å²) in [6.07, 6.45) is 0. The van der Waals surface area contributed by atoms with Gasteiger partial charge in [-0.05, 0) is 48.4 Å². The molecule has 3 nitrogen and oxygen atoms in total. The van der Waals surface area contributed by atoms with Gasteiger partial charge in [0.2, 0.25) is 0 Å². The summed E-state index contributed by atoms with van der Waals surface area (Å²) in [5.74, 6) is -1.72. The first-order valence-corrected chi connectivity index (χ1v) is 7.47. The predicted molar refractivity (Wildman–Crippen MR) is 72.8 cm³/mol. The second-order valence-corrected chi connectivity index (χ2v) is 6.48. The van der Waals surface area contributed by atoms with Crippen LogP contribution in [0.4, 0.5) is 14.5 Å². The molecule has 0 saturated heterocycles. The van der Waals surface area contributed by atoms with Gasteiger partial charge >= 0.3 is 0 Å². The van der Waals surface area contributed by atoms with Crippen molar-refractivity contribution in [1.82, 2.24) is 0 Å². The molecule has 0 spiro atoms. The molecule has 0 aliphatic rings. The number of nitrogens with two attached hydrogens (primary N) is 1. The molecule has 0 unspecified atom stereocenters. The van der Waals surface area contributed by atoms with Gasteiger partial charge in [-0.25, -0.2) is 17.2 Å². The van der Waals surface area contributed by atoms with Crippen LogP contribution >= 0.6 is 0 Å². The Balaban J connectivity index is 2.41. The zero-order chi connectivity index (χ0) is 14.9. The Morgan fingerprint density at radius 3 is 2.40 bits per heavy atom. The normalized spacial score (nSPS) is 11.6. The number of sulfone groups is 1. The van der Waals surface area contributed by atoms with E-state index in [4.69, 9.17) is 5.73 Å². The van der Waals surface area contributed by atoms with Crippen molar-refractivity contribution in [3.8, 4) is 0 Å². The Kier molecular flexibility index (Phi) is 3.76. The van der Waals surface area contributed by atoms with Gasteiger partial charge in [-0.1, -0.05) is 6.07 Å². The number of hydrogen-bond acceptors (Lipinski definition) is 3. The van der Waals surface area contributed by atoms with Crippen molar-refractivity contribution >= 4 is 15.5 Å². The Morgan fingerprint density at radius 2 is 1.80 bits per heavy atom. The Morgan fingerprint density at radius 1 is 1.10 bits per heavy atom. The lowest BCUT2D eigenvalue weighted by Gasteiger charge is -2.09. The average Bonchev–Trinajstić information content (AvgIpc) is 2.32. The largest absolute Gasteiger partial charge is 0.399 e. The molecule has 0 aromatic heterocycles. The third kappa shape index (κ3) is 2.96. The van der Waals surface area contributed by atoms with Crippen LogP contribution in [0.25, 0.3) is 0 Å². The maximum atomic E-state index is 13.7. The van der Waals surface area contributed by atoms with Crippen molar-refractivity contribution in [2.24, 2.45) is 0 Å². The Hall–Kier alpha value is -1.95. The molecule has 2 rings (SSSR count). The molecule has 0 radical (unpaired) electrons. The first-order valence-electron chi connectivity index (χ1n) is 5.82. The van der Waals surface area contributed by atoms with Crippen LogP contribution in [0.5, 0.6) is 0 Å². The van der Waals surface area contributed by atoms with Crippen LogP contribution in [0.15, 0.2) is 41.3 Å². The standard InChI is InChI=1S/C14H13F2NO2S/c1-9-6-11(15)3-2-10(9)8-20(18,19)14-5-4-12(17)7-13(14)16/h2-7H,8,17H2,1H3. The molecular formula is C14H13F2NO2S. The number of rotatable bonds is 3. The van der Waals surface area contributed by atoms with Crippen LogP contribution < -0.4 is 5.73 Å². The van der Waals surface area contributed by atoms with Crippen molar-refractivity contribution < 1.29 is 17.2 Å². The SMILES string of the molecule is Cc1cc(F)ccc1CS(=O)(=O)c1ccc(N)cc1F. The molecule has 0 fully saturated rings. The van der Waals surface area contributed by atoms with E-state index in [1.54, 1.807) is 6.92 Å². The number of halogens is 2. The zero-order valence-corrected chi connectivity index (χ0v) is 11.5. The van der Waals surface area contributed by atoms with E-state index in [1.807, 2.05) is 0 Å². The second kappa shape index (κ2) is 5.20. The van der Waals surface area contributed by atoms with Crippen LogP contribution in [-0.2, 0) is 15.6 Å². The van der Waals surface area contributed by atoms with Crippen molar-refractivity contribution in [2.75, 3.05) is 5.73 Å². The van der Waals surface area contributed by atoms with Gasteiger partial charge in [0.1, 0.15) is 16.5 Å². The maximum Gasteiger partial charge on any atom is 0.185 e. The molecule has 2 N–H and O–H groups in total. The molecule has 0 atom stereocenters. The minimum Gasteiger partial charge on any atom is -0.399 e. The molecule has 2 aromatic rings. The monoisotopic (exact) mass is 297 g/mol.